The molecule has 0 spiro atoms. The number of furan rings is 1. The second kappa shape index (κ2) is 6.61. The van der Waals surface area contributed by atoms with Gasteiger partial charge in [0.15, 0.2) is 0 Å². The lowest BCUT2D eigenvalue weighted by Crippen LogP contribution is -2.19. The molecule has 2 aromatic rings. The lowest BCUT2D eigenvalue weighted by Gasteiger charge is -2.19. The second-order valence-corrected chi connectivity index (χ2v) is 6.00. The fourth-order valence-corrected chi connectivity index (χ4v) is 1.91. The Labute approximate surface area is 126 Å². The van der Waals surface area contributed by atoms with Gasteiger partial charge in [0.1, 0.15) is 23.2 Å². The molecule has 0 unspecified atom stereocenters. The molecule has 0 aliphatic heterocycles. The zero-order valence-electron chi connectivity index (χ0n) is 13.2. The van der Waals surface area contributed by atoms with Crippen LogP contribution in [0, 0.1) is 0 Å². The molecule has 0 amide bonds. The van der Waals surface area contributed by atoms with Crippen molar-refractivity contribution < 1.29 is 4.42 Å². The molecule has 114 valence electrons. The minimum atomic E-state index is -0.0805. The highest BCUT2D eigenvalue weighted by Gasteiger charge is 2.19. The summed E-state index contributed by atoms with van der Waals surface area (Å²) >= 11 is 0. The van der Waals surface area contributed by atoms with Gasteiger partial charge in [-0.2, -0.15) is 0 Å². The minimum Gasteiger partial charge on any atom is -0.469 e. The van der Waals surface area contributed by atoms with E-state index in [1.165, 1.54) is 0 Å². The molecule has 2 heterocycles. The van der Waals surface area contributed by atoms with Crippen LogP contribution in [-0.4, -0.2) is 23.1 Å². The maximum Gasteiger partial charge on any atom is 0.138 e. The van der Waals surface area contributed by atoms with Crippen LogP contribution in [0.25, 0.3) is 0 Å². The van der Waals surface area contributed by atoms with E-state index in [1.807, 2.05) is 18.2 Å². The Morgan fingerprint density at radius 1 is 1.14 bits per heavy atom. The number of rotatable bonds is 6. The standard InChI is InChI=1S/C16H24N4O/c1-5-17-13-11-14(20-15(19-13)16(2,3)4)18-9-8-12-7-6-10-21-12/h6-7,10-11H,5,8-9H2,1-4H3,(H2,17,18,19,20). The fraction of sp³-hybridized carbons (Fsp3) is 0.500. The molecule has 0 saturated heterocycles. The Kier molecular flexibility index (Phi) is 4.83. The number of hydrogen-bond acceptors (Lipinski definition) is 5. The summed E-state index contributed by atoms with van der Waals surface area (Å²) in [4.78, 5) is 9.18. The predicted molar refractivity (Wildman–Crippen MR) is 85.8 cm³/mol. The van der Waals surface area contributed by atoms with Crippen molar-refractivity contribution in [1.29, 1.82) is 0 Å². The number of nitrogens with zero attached hydrogens (tertiary/aromatic N) is 2. The normalized spacial score (nSPS) is 11.4. The molecule has 21 heavy (non-hydrogen) atoms. The molecule has 2 N–H and O–H groups in total. The molecule has 5 heteroatoms. The van der Waals surface area contributed by atoms with Crippen molar-refractivity contribution >= 4 is 11.6 Å². The summed E-state index contributed by atoms with van der Waals surface area (Å²) in [6.07, 6.45) is 2.53. The van der Waals surface area contributed by atoms with E-state index in [2.05, 4.69) is 48.3 Å². The van der Waals surface area contributed by atoms with Crippen LogP contribution in [0.1, 0.15) is 39.3 Å². The van der Waals surface area contributed by atoms with Crippen molar-refractivity contribution in [3.05, 3.63) is 36.0 Å². The van der Waals surface area contributed by atoms with Crippen LogP contribution < -0.4 is 10.6 Å². The second-order valence-electron chi connectivity index (χ2n) is 6.00. The van der Waals surface area contributed by atoms with Gasteiger partial charge >= 0.3 is 0 Å². The Balaban J connectivity index is 2.08. The zero-order valence-corrected chi connectivity index (χ0v) is 13.2. The van der Waals surface area contributed by atoms with E-state index in [9.17, 15) is 0 Å². The monoisotopic (exact) mass is 288 g/mol. The third kappa shape index (κ3) is 4.48. The highest BCUT2D eigenvalue weighted by atomic mass is 16.3. The Morgan fingerprint density at radius 3 is 2.43 bits per heavy atom. The Hall–Kier alpha value is -2.04. The number of aromatic nitrogens is 2. The molecule has 0 saturated carbocycles. The van der Waals surface area contributed by atoms with E-state index in [-0.39, 0.29) is 5.41 Å². The molecule has 0 radical (unpaired) electrons. The van der Waals surface area contributed by atoms with Crippen LogP contribution in [0.15, 0.2) is 28.9 Å². The summed E-state index contributed by atoms with van der Waals surface area (Å²) in [6, 6.07) is 5.83. The van der Waals surface area contributed by atoms with E-state index in [1.54, 1.807) is 6.26 Å². The van der Waals surface area contributed by atoms with Gasteiger partial charge in [-0.25, -0.2) is 9.97 Å². The molecule has 0 fully saturated rings. The van der Waals surface area contributed by atoms with Gasteiger partial charge in [0.25, 0.3) is 0 Å². The first-order valence-corrected chi connectivity index (χ1v) is 7.38. The first-order chi connectivity index (χ1) is 9.99. The molecule has 0 bridgehead atoms. The van der Waals surface area contributed by atoms with Gasteiger partial charge in [0.2, 0.25) is 0 Å². The zero-order chi connectivity index (χ0) is 15.3. The quantitative estimate of drug-likeness (QED) is 0.852. The van der Waals surface area contributed by atoms with Crippen LogP contribution in [0.5, 0.6) is 0 Å². The Bertz CT molecular complexity index is 558. The van der Waals surface area contributed by atoms with E-state index in [4.69, 9.17) is 4.42 Å². The van der Waals surface area contributed by atoms with Crippen LogP contribution in [-0.2, 0) is 11.8 Å². The largest absolute Gasteiger partial charge is 0.469 e. The summed E-state index contributed by atoms with van der Waals surface area (Å²) in [5, 5.41) is 6.60. The lowest BCUT2D eigenvalue weighted by atomic mass is 9.96. The topological polar surface area (TPSA) is 63.0 Å². The van der Waals surface area contributed by atoms with Crippen molar-refractivity contribution in [2.75, 3.05) is 23.7 Å². The van der Waals surface area contributed by atoms with Crippen molar-refractivity contribution in [3.63, 3.8) is 0 Å². The van der Waals surface area contributed by atoms with Gasteiger partial charge in [-0.1, -0.05) is 20.8 Å². The van der Waals surface area contributed by atoms with Gasteiger partial charge in [-0.3, -0.25) is 0 Å². The average Bonchev–Trinajstić information content (AvgIpc) is 2.91. The van der Waals surface area contributed by atoms with E-state index in [0.717, 1.165) is 42.7 Å². The van der Waals surface area contributed by atoms with Crippen LogP contribution >= 0.6 is 0 Å². The van der Waals surface area contributed by atoms with Gasteiger partial charge in [-0.05, 0) is 19.1 Å². The first-order valence-electron chi connectivity index (χ1n) is 7.38. The summed E-state index contributed by atoms with van der Waals surface area (Å²) in [5.41, 5.74) is -0.0805. The number of nitrogens with one attached hydrogen (secondary N) is 2. The summed E-state index contributed by atoms with van der Waals surface area (Å²) in [5.74, 6) is 3.51. The van der Waals surface area contributed by atoms with Crippen molar-refractivity contribution in [2.45, 2.75) is 39.5 Å². The third-order valence-electron chi connectivity index (χ3n) is 3.01. The predicted octanol–water partition coefficient (Wildman–Crippen LogP) is 3.45. The van der Waals surface area contributed by atoms with E-state index in [0.29, 0.717) is 0 Å². The summed E-state index contributed by atoms with van der Waals surface area (Å²) < 4.78 is 5.33. The lowest BCUT2D eigenvalue weighted by molar-refractivity contribution is 0.512. The van der Waals surface area contributed by atoms with Crippen LogP contribution in [0.3, 0.4) is 0 Å². The van der Waals surface area contributed by atoms with Crippen LogP contribution in [0.4, 0.5) is 11.6 Å². The maximum atomic E-state index is 5.33. The smallest absolute Gasteiger partial charge is 0.138 e. The SMILES string of the molecule is CCNc1cc(NCCc2ccco2)nc(C(C)(C)C)n1. The molecule has 5 nitrogen and oxygen atoms in total. The number of anilines is 2. The van der Waals surface area contributed by atoms with Crippen molar-refractivity contribution in [1.82, 2.24) is 9.97 Å². The van der Waals surface area contributed by atoms with Gasteiger partial charge in [0, 0.05) is 31.0 Å². The third-order valence-corrected chi connectivity index (χ3v) is 3.01. The summed E-state index contributed by atoms with van der Waals surface area (Å²) in [7, 11) is 0. The molecule has 2 rings (SSSR count). The van der Waals surface area contributed by atoms with Crippen molar-refractivity contribution in [2.24, 2.45) is 0 Å². The molecule has 0 aliphatic carbocycles. The Morgan fingerprint density at radius 2 is 1.86 bits per heavy atom. The first kappa shape index (κ1) is 15.4. The highest BCUT2D eigenvalue weighted by Crippen LogP contribution is 2.22. The van der Waals surface area contributed by atoms with Gasteiger partial charge < -0.3 is 15.1 Å². The molecule has 0 aromatic carbocycles. The van der Waals surface area contributed by atoms with Crippen LogP contribution in [0.2, 0.25) is 0 Å². The van der Waals surface area contributed by atoms with Gasteiger partial charge in [0.05, 0.1) is 6.26 Å². The molecule has 2 aromatic heterocycles. The van der Waals surface area contributed by atoms with Gasteiger partial charge in [-0.15, -0.1) is 0 Å². The molecule has 0 atom stereocenters. The van der Waals surface area contributed by atoms with E-state index >= 15 is 0 Å². The molecular weight excluding hydrogens is 264 g/mol. The average molecular weight is 288 g/mol. The minimum absolute atomic E-state index is 0.0805. The molecular formula is C16H24N4O. The van der Waals surface area contributed by atoms with E-state index < -0.39 is 0 Å². The summed E-state index contributed by atoms with van der Waals surface area (Å²) in [6.45, 7) is 10.0. The fourth-order valence-electron chi connectivity index (χ4n) is 1.91. The maximum absolute atomic E-state index is 5.33. The van der Waals surface area contributed by atoms with Crippen molar-refractivity contribution in [3.8, 4) is 0 Å². The number of hydrogen-bond donors (Lipinski definition) is 2. The molecule has 0 aliphatic rings. The highest BCUT2D eigenvalue weighted by molar-refractivity contribution is 5.48.